The monoisotopic (exact) mass is 770 g/mol. The zero-order chi connectivity index (χ0) is 39.0. The number of benzene rings is 2. The molecule has 14 heteroatoms. The maximum Gasteiger partial charge on any atom is 0.407 e. The van der Waals surface area contributed by atoms with Crippen molar-refractivity contribution in [2.75, 3.05) is 31.0 Å². The van der Waals surface area contributed by atoms with Gasteiger partial charge in [0, 0.05) is 29.8 Å². The van der Waals surface area contributed by atoms with Crippen LogP contribution in [0.5, 0.6) is 11.5 Å². The van der Waals surface area contributed by atoms with Gasteiger partial charge in [-0.2, -0.15) is 0 Å². The Morgan fingerprint density at radius 1 is 1.00 bits per heavy atom. The third-order valence-corrected chi connectivity index (χ3v) is 9.59. The van der Waals surface area contributed by atoms with Crippen molar-refractivity contribution in [1.82, 2.24) is 15.5 Å². The number of hydrogen-bond donors (Lipinski definition) is 3. The fraction of sp³-hybridized carbons (Fsp3) is 0.487. The van der Waals surface area contributed by atoms with Crippen LogP contribution in [0.2, 0.25) is 10.0 Å². The third-order valence-electron chi connectivity index (χ3n) is 8.86. The van der Waals surface area contributed by atoms with E-state index < -0.39 is 17.7 Å². The highest BCUT2D eigenvalue weighted by molar-refractivity contribution is 6.42. The minimum atomic E-state index is -0.627. The molecule has 4 amide bonds. The molecule has 2 fully saturated rings. The Balaban J connectivity index is 1.81. The number of nitrogens with zero attached hydrogens (tertiary/aromatic N) is 3. The van der Waals surface area contributed by atoms with Crippen LogP contribution in [-0.4, -0.2) is 67.2 Å². The van der Waals surface area contributed by atoms with Gasteiger partial charge in [-0.15, -0.1) is 0 Å². The first-order valence-corrected chi connectivity index (χ1v) is 18.6. The van der Waals surface area contributed by atoms with E-state index in [1.165, 1.54) is 19.1 Å². The normalized spacial score (nSPS) is 19.2. The van der Waals surface area contributed by atoms with E-state index >= 15 is 0 Å². The first kappa shape index (κ1) is 41.3. The summed E-state index contributed by atoms with van der Waals surface area (Å²) in [6.45, 7) is 13.3. The first-order chi connectivity index (χ1) is 25.1. The van der Waals surface area contributed by atoms with Gasteiger partial charge in [0.25, 0.3) is 0 Å². The predicted octanol–water partition coefficient (Wildman–Crippen LogP) is 8.82. The highest BCUT2D eigenvalue weighted by Crippen LogP contribution is 2.47. The molecule has 2 unspecified atom stereocenters. The number of hydrogen-bond acceptors (Lipinski definition) is 8. The van der Waals surface area contributed by atoms with E-state index in [1.54, 1.807) is 24.0 Å². The molecule has 2 aromatic rings. The molecule has 1 heterocycles. The summed E-state index contributed by atoms with van der Waals surface area (Å²) in [7, 11) is 2.95. The zero-order valence-corrected chi connectivity index (χ0v) is 33.6. The van der Waals surface area contributed by atoms with Crippen molar-refractivity contribution in [3.8, 4) is 11.5 Å². The lowest BCUT2D eigenvalue weighted by molar-refractivity contribution is -0.115. The minimum absolute atomic E-state index is 0.0926. The van der Waals surface area contributed by atoms with E-state index in [2.05, 4.69) is 16.0 Å². The fourth-order valence-electron chi connectivity index (χ4n) is 6.18. The third kappa shape index (κ3) is 10.4. The molecule has 0 bridgehead atoms. The molecule has 1 saturated heterocycles. The van der Waals surface area contributed by atoms with Crippen LogP contribution in [0.4, 0.5) is 21.0 Å². The van der Waals surface area contributed by atoms with Crippen LogP contribution in [0.15, 0.2) is 58.4 Å². The summed E-state index contributed by atoms with van der Waals surface area (Å²) < 4.78 is 16.6. The van der Waals surface area contributed by atoms with Crippen molar-refractivity contribution in [1.29, 1.82) is 0 Å². The Morgan fingerprint density at radius 2 is 1.62 bits per heavy atom. The summed E-state index contributed by atoms with van der Waals surface area (Å²) in [6, 6.07) is 8.14. The van der Waals surface area contributed by atoms with Gasteiger partial charge in [-0.1, -0.05) is 61.2 Å². The van der Waals surface area contributed by atoms with Crippen molar-refractivity contribution in [3.05, 3.63) is 69.0 Å². The Morgan fingerprint density at radius 3 is 2.17 bits per heavy atom. The largest absolute Gasteiger partial charge is 0.495 e. The van der Waals surface area contributed by atoms with Gasteiger partial charge in [0.15, 0.2) is 0 Å². The molecule has 0 radical (unpaired) electrons. The van der Waals surface area contributed by atoms with Gasteiger partial charge in [-0.3, -0.25) is 14.6 Å². The average molecular weight is 772 g/mol. The SMILES string of the molecule is C/C=C1/CN(c2c(Cl)c(OC)cc(OC)c2Cl)C(=O)N(Cc2cccc(NC(=O)CC)c2)/C1=N/C(NC1CCCCC1NC(=O)OC(C)(C)C)=C(C)C. The molecule has 2 aromatic carbocycles. The highest BCUT2D eigenvalue weighted by Gasteiger charge is 2.38. The summed E-state index contributed by atoms with van der Waals surface area (Å²) in [5.74, 6) is 1.47. The van der Waals surface area contributed by atoms with Gasteiger partial charge in [0.2, 0.25) is 5.91 Å². The van der Waals surface area contributed by atoms with Gasteiger partial charge in [0.05, 0.1) is 39.0 Å². The number of nitrogens with one attached hydrogen (secondary N) is 3. The van der Waals surface area contributed by atoms with E-state index in [0.29, 0.717) is 35.3 Å². The Kier molecular flexibility index (Phi) is 14.1. The second-order valence-corrected chi connectivity index (χ2v) is 15.0. The number of allylic oxidation sites excluding steroid dienone is 2. The van der Waals surface area contributed by atoms with E-state index in [-0.39, 0.29) is 46.8 Å². The number of urea groups is 1. The summed E-state index contributed by atoms with van der Waals surface area (Å²) >= 11 is 13.7. The molecule has 53 heavy (non-hydrogen) atoms. The molecular formula is C39H52Cl2N6O6. The molecule has 4 rings (SSSR count). The van der Waals surface area contributed by atoms with Crippen molar-refractivity contribution < 1.29 is 28.6 Å². The number of ether oxygens (including phenoxy) is 3. The lowest BCUT2D eigenvalue weighted by Gasteiger charge is -2.39. The van der Waals surface area contributed by atoms with E-state index in [0.717, 1.165) is 42.4 Å². The molecular weight excluding hydrogens is 719 g/mol. The number of halogens is 2. The van der Waals surface area contributed by atoms with Gasteiger partial charge >= 0.3 is 12.1 Å². The van der Waals surface area contributed by atoms with Crippen LogP contribution < -0.4 is 30.3 Å². The molecule has 0 spiro atoms. The average Bonchev–Trinajstić information content (AvgIpc) is 3.10. The maximum absolute atomic E-state index is 14.8. The number of alkyl carbamates (subject to hydrolysis) is 1. The molecule has 1 aliphatic carbocycles. The van der Waals surface area contributed by atoms with Crippen LogP contribution in [0.1, 0.15) is 86.1 Å². The van der Waals surface area contributed by atoms with Crippen molar-refractivity contribution in [2.24, 2.45) is 4.99 Å². The van der Waals surface area contributed by atoms with Crippen LogP contribution in [0.25, 0.3) is 0 Å². The number of amides is 4. The minimum Gasteiger partial charge on any atom is -0.495 e. The molecule has 2 aliphatic rings. The lowest BCUT2D eigenvalue weighted by Crippen LogP contribution is -2.54. The van der Waals surface area contributed by atoms with Crippen LogP contribution in [-0.2, 0) is 16.1 Å². The number of amidine groups is 1. The summed E-state index contributed by atoms with van der Waals surface area (Å²) in [5.41, 5.74) is 2.58. The quantitative estimate of drug-likeness (QED) is 0.208. The molecule has 2 atom stereocenters. The smallest absolute Gasteiger partial charge is 0.407 e. The standard InChI is InChI=1S/C39H52Cl2N6O6/c1-10-25-22-46(34-32(40)29(51-8)20-30(52-9)33(34)41)38(50)47(21-24-15-14-16-26(19-24)42-31(48)11-2)36(25)45-35(23(3)4)43-27-17-12-13-18-28(27)44-37(49)53-39(5,6)7/h10,14-16,19-20,27-28,43H,11-13,17-18,21-22H2,1-9H3,(H,42,48)(H,44,49)/b25-10-,45-36+. The maximum atomic E-state index is 14.8. The first-order valence-electron chi connectivity index (χ1n) is 17.9. The predicted molar refractivity (Wildman–Crippen MR) is 211 cm³/mol. The number of aliphatic imine (C=N–C) groups is 1. The van der Waals surface area contributed by atoms with Crippen molar-refractivity contribution in [3.63, 3.8) is 0 Å². The lowest BCUT2D eigenvalue weighted by atomic mass is 9.90. The topological polar surface area (TPSA) is 134 Å². The summed E-state index contributed by atoms with van der Waals surface area (Å²) in [6.07, 6.45) is 5.29. The van der Waals surface area contributed by atoms with E-state index in [4.69, 9.17) is 42.4 Å². The van der Waals surface area contributed by atoms with Crippen LogP contribution in [0, 0.1) is 0 Å². The second-order valence-electron chi connectivity index (χ2n) is 14.2. The molecule has 3 N–H and O–H groups in total. The van der Waals surface area contributed by atoms with Crippen molar-refractivity contribution in [2.45, 2.75) is 105 Å². The zero-order valence-electron chi connectivity index (χ0n) is 32.1. The van der Waals surface area contributed by atoms with Gasteiger partial charge in [-0.25, -0.2) is 14.6 Å². The van der Waals surface area contributed by atoms with Gasteiger partial charge in [0.1, 0.15) is 38.8 Å². The van der Waals surface area contributed by atoms with Crippen LogP contribution >= 0.6 is 23.2 Å². The Labute approximate surface area is 322 Å². The van der Waals surface area contributed by atoms with Crippen molar-refractivity contribution >= 4 is 58.4 Å². The Hall–Kier alpha value is -4.42. The molecule has 0 aromatic heterocycles. The molecule has 12 nitrogen and oxygen atoms in total. The second kappa shape index (κ2) is 18.1. The molecule has 1 saturated carbocycles. The summed E-state index contributed by atoms with van der Waals surface area (Å²) in [5, 5.41) is 9.88. The van der Waals surface area contributed by atoms with Gasteiger partial charge < -0.3 is 30.2 Å². The summed E-state index contributed by atoms with van der Waals surface area (Å²) in [4.78, 5) is 48.1. The number of carbonyl (C=O) groups is 3. The number of rotatable bonds is 11. The number of methoxy groups -OCH3 is 2. The van der Waals surface area contributed by atoms with Crippen LogP contribution in [0.3, 0.4) is 0 Å². The van der Waals surface area contributed by atoms with Gasteiger partial charge in [-0.05, 0) is 77.7 Å². The molecule has 288 valence electrons. The highest BCUT2D eigenvalue weighted by atomic mass is 35.5. The van der Waals surface area contributed by atoms with E-state index in [1.807, 2.05) is 65.8 Å². The number of anilines is 2. The van der Waals surface area contributed by atoms with E-state index in [9.17, 15) is 14.4 Å². The number of carbonyl (C=O) groups excluding carboxylic acids is 3. The molecule has 1 aliphatic heterocycles. The Bertz CT molecular complexity index is 1750. The fourth-order valence-corrected chi connectivity index (χ4v) is 6.89.